The molecule has 0 spiro atoms. The maximum atomic E-state index is 3.46. The Morgan fingerprint density at radius 1 is 1.12 bits per heavy atom. The fourth-order valence-electron chi connectivity index (χ4n) is 3.09. The number of nitrogens with one attached hydrogen (secondary N) is 1. The molecule has 0 unspecified atom stereocenters. The van der Waals surface area contributed by atoms with Crippen molar-refractivity contribution in [3.8, 4) is 0 Å². The Kier molecular flexibility index (Phi) is 6.09. The number of likely N-dealkylation sites (tertiary alicyclic amines) is 1. The highest BCUT2D eigenvalue weighted by molar-refractivity contribution is 5.85. The summed E-state index contributed by atoms with van der Waals surface area (Å²) in [4.78, 5) is 2.77. The van der Waals surface area contributed by atoms with Crippen molar-refractivity contribution in [1.82, 2.24) is 10.2 Å². The van der Waals surface area contributed by atoms with Crippen molar-refractivity contribution in [3.05, 3.63) is 0 Å². The normalized spacial score (nSPS) is 29.1. The van der Waals surface area contributed by atoms with Crippen LogP contribution in [0.25, 0.3) is 0 Å². The van der Waals surface area contributed by atoms with E-state index in [0.717, 1.165) is 17.9 Å². The molecule has 1 atom stereocenters. The van der Waals surface area contributed by atoms with Gasteiger partial charge in [-0.2, -0.15) is 0 Å². The second-order valence-corrected chi connectivity index (χ2v) is 5.62. The molecule has 2 heterocycles. The summed E-state index contributed by atoms with van der Waals surface area (Å²) in [7, 11) is 0. The molecule has 0 bridgehead atoms. The van der Waals surface area contributed by atoms with Crippen molar-refractivity contribution in [2.75, 3.05) is 26.2 Å². The van der Waals surface area contributed by atoms with E-state index in [2.05, 4.69) is 24.1 Å². The topological polar surface area (TPSA) is 15.3 Å². The Morgan fingerprint density at radius 2 is 1.81 bits per heavy atom. The Hall–Kier alpha value is 0.210. The van der Waals surface area contributed by atoms with Crippen LogP contribution in [0, 0.1) is 11.8 Å². The molecule has 2 aliphatic rings. The molecule has 0 amide bonds. The van der Waals surface area contributed by atoms with Crippen LogP contribution in [0.4, 0.5) is 0 Å². The molecule has 16 heavy (non-hydrogen) atoms. The van der Waals surface area contributed by atoms with Gasteiger partial charge in [0.15, 0.2) is 0 Å². The van der Waals surface area contributed by atoms with Gasteiger partial charge < -0.3 is 10.2 Å². The smallest absolute Gasteiger partial charge is 0.0119 e. The van der Waals surface area contributed by atoms with E-state index >= 15 is 0 Å². The van der Waals surface area contributed by atoms with E-state index in [9.17, 15) is 0 Å². The predicted molar refractivity (Wildman–Crippen MR) is 72.3 cm³/mol. The summed E-state index contributed by atoms with van der Waals surface area (Å²) < 4.78 is 0. The Labute approximate surface area is 107 Å². The first-order valence-corrected chi connectivity index (χ1v) is 6.72. The van der Waals surface area contributed by atoms with Crippen LogP contribution in [0.15, 0.2) is 0 Å². The highest BCUT2D eigenvalue weighted by Crippen LogP contribution is 2.26. The average Bonchev–Trinajstić information content (AvgIpc) is 2.30. The molecule has 3 heteroatoms. The second-order valence-electron chi connectivity index (χ2n) is 5.62. The number of rotatable bonds is 2. The number of halogens is 1. The van der Waals surface area contributed by atoms with Crippen LogP contribution in [-0.4, -0.2) is 37.1 Å². The van der Waals surface area contributed by atoms with Gasteiger partial charge in [0.1, 0.15) is 0 Å². The summed E-state index contributed by atoms with van der Waals surface area (Å²) in [6.07, 6.45) is 5.61. The van der Waals surface area contributed by atoms with E-state index < -0.39 is 0 Å². The molecule has 96 valence electrons. The fraction of sp³-hybridized carbons (Fsp3) is 1.00. The van der Waals surface area contributed by atoms with Gasteiger partial charge in [0.25, 0.3) is 0 Å². The van der Waals surface area contributed by atoms with E-state index in [1.807, 2.05) is 0 Å². The lowest BCUT2D eigenvalue weighted by Gasteiger charge is -2.41. The lowest BCUT2D eigenvalue weighted by molar-refractivity contribution is 0.0857. The Balaban J connectivity index is 0.00000128. The van der Waals surface area contributed by atoms with Crippen molar-refractivity contribution in [3.63, 3.8) is 0 Å². The molecule has 0 radical (unpaired) electrons. The van der Waals surface area contributed by atoms with E-state index in [4.69, 9.17) is 0 Å². The largest absolute Gasteiger partial charge is 0.317 e. The van der Waals surface area contributed by atoms with Crippen molar-refractivity contribution in [2.24, 2.45) is 11.8 Å². The molecule has 0 saturated carbocycles. The van der Waals surface area contributed by atoms with Gasteiger partial charge >= 0.3 is 0 Å². The summed E-state index contributed by atoms with van der Waals surface area (Å²) in [5, 5.41) is 3.46. The van der Waals surface area contributed by atoms with E-state index in [1.165, 1.54) is 51.9 Å². The van der Waals surface area contributed by atoms with Gasteiger partial charge in [-0.15, -0.1) is 12.4 Å². The molecule has 2 rings (SSSR count). The van der Waals surface area contributed by atoms with Gasteiger partial charge in [0.2, 0.25) is 0 Å². The van der Waals surface area contributed by atoms with Gasteiger partial charge in [0, 0.05) is 12.6 Å². The Morgan fingerprint density at radius 3 is 2.44 bits per heavy atom. The lowest BCUT2D eigenvalue weighted by atomic mass is 9.86. The number of hydrogen-bond acceptors (Lipinski definition) is 2. The van der Waals surface area contributed by atoms with Crippen LogP contribution in [0.3, 0.4) is 0 Å². The molecule has 0 aromatic rings. The molecule has 0 aromatic carbocycles. The molecular formula is C13H27ClN2. The summed E-state index contributed by atoms with van der Waals surface area (Å²) >= 11 is 0. The zero-order chi connectivity index (χ0) is 10.7. The molecule has 2 aliphatic heterocycles. The molecule has 2 fully saturated rings. The fourth-order valence-corrected chi connectivity index (χ4v) is 3.09. The van der Waals surface area contributed by atoms with Crippen molar-refractivity contribution in [2.45, 2.75) is 45.6 Å². The van der Waals surface area contributed by atoms with Crippen LogP contribution in [0.2, 0.25) is 0 Å². The van der Waals surface area contributed by atoms with Crippen LogP contribution in [-0.2, 0) is 0 Å². The lowest BCUT2D eigenvalue weighted by Crippen LogP contribution is -2.48. The van der Waals surface area contributed by atoms with Crippen LogP contribution in [0.1, 0.15) is 39.5 Å². The molecule has 1 N–H and O–H groups in total. The van der Waals surface area contributed by atoms with Crippen LogP contribution in [0.5, 0.6) is 0 Å². The monoisotopic (exact) mass is 246 g/mol. The highest BCUT2D eigenvalue weighted by atomic mass is 35.5. The first kappa shape index (κ1) is 14.3. The third-order valence-corrected chi connectivity index (χ3v) is 4.26. The molecule has 2 nitrogen and oxygen atoms in total. The first-order chi connectivity index (χ1) is 7.27. The third kappa shape index (κ3) is 3.61. The molecule has 2 saturated heterocycles. The predicted octanol–water partition coefficient (Wildman–Crippen LogP) is 2.53. The van der Waals surface area contributed by atoms with E-state index in [-0.39, 0.29) is 12.4 Å². The summed E-state index contributed by atoms with van der Waals surface area (Å²) in [6, 6.07) is 0.882. The first-order valence-electron chi connectivity index (χ1n) is 6.72. The number of piperidine rings is 2. The van der Waals surface area contributed by atoms with Gasteiger partial charge in [-0.1, -0.05) is 13.8 Å². The third-order valence-electron chi connectivity index (χ3n) is 4.26. The summed E-state index contributed by atoms with van der Waals surface area (Å²) in [5.41, 5.74) is 0. The zero-order valence-corrected chi connectivity index (χ0v) is 11.6. The second kappa shape index (κ2) is 6.83. The number of hydrogen-bond donors (Lipinski definition) is 1. The van der Waals surface area contributed by atoms with E-state index in [0.29, 0.717) is 0 Å². The van der Waals surface area contributed by atoms with Gasteiger partial charge in [-0.25, -0.2) is 0 Å². The molecule has 0 aliphatic carbocycles. The van der Waals surface area contributed by atoms with Crippen LogP contribution >= 0.6 is 12.4 Å². The maximum absolute atomic E-state index is 3.46. The minimum atomic E-state index is 0. The molecular weight excluding hydrogens is 220 g/mol. The maximum Gasteiger partial charge on any atom is 0.0119 e. The van der Waals surface area contributed by atoms with Gasteiger partial charge in [0.05, 0.1) is 0 Å². The zero-order valence-electron chi connectivity index (χ0n) is 10.7. The van der Waals surface area contributed by atoms with Crippen LogP contribution < -0.4 is 5.32 Å². The Bertz CT molecular complexity index is 190. The SMILES string of the molecule is CC(C)[C@H]1CCCN(C2CCNCC2)C1.Cl. The summed E-state index contributed by atoms with van der Waals surface area (Å²) in [6.45, 7) is 9.95. The van der Waals surface area contributed by atoms with Crippen molar-refractivity contribution in [1.29, 1.82) is 0 Å². The quantitative estimate of drug-likeness (QED) is 0.806. The summed E-state index contributed by atoms with van der Waals surface area (Å²) in [5.74, 6) is 1.82. The minimum absolute atomic E-state index is 0. The van der Waals surface area contributed by atoms with Gasteiger partial charge in [-0.05, 0) is 57.2 Å². The van der Waals surface area contributed by atoms with E-state index in [1.54, 1.807) is 0 Å². The van der Waals surface area contributed by atoms with Crippen molar-refractivity contribution < 1.29 is 0 Å². The average molecular weight is 247 g/mol. The standard InChI is InChI=1S/C13H26N2.ClH/c1-11(2)12-4-3-9-15(10-12)13-5-7-14-8-6-13;/h11-14H,3-10H2,1-2H3;1H/t12-;/m0./s1. The molecule has 0 aromatic heterocycles. The van der Waals surface area contributed by atoms with Gasteiger partial charge in [-0.3, -0.25) is 0 Å². The highest BCUT2D eigenvalue weighted by Gasteiger charge is 2.27. The van der Waals surface area contributed by atoms with Crippen molar-refractivity contribution >= 4 is 12.4 Å². The minimum Gasteiger partial charge on any atom is -0.317 e. The number of nitrogens with zero attached hydrogens (tertiary/aromatic N) is 1.